The first-order valence-electron chi connectivity index (χ1n) is 7.27. The maximum Gasteiger partial charge on any atom is 0.228 e. The summed E-state index contributed by atoms with van der Waals surface area (Å²) in [6.07, 6.45) is 3.71. The number of rotatable bonds is 4. The highest BCUT2D eigenvalue weighted by Gasteiger charge is 2.08. The maximum atomic E-state index is 13.5. The van der Waals surface area contributed by atoms with Crippen LogP contribution in [0.2, 0.25) is 0 Å². The molecule has 0 aliphatic carbocycles. The van der Waals surface area contributed by atoms with Crippen molar-refractivity contribution in [3.05, 3.63) is 77.9 Å². The van der Waals surface area contributed by atoms with Crippen molar-refractivity contribution in [2.24, 2.45) is 0 Å². The van der Waals surface area contributed by atoms with Crippen LogP contribution in [0.15, 0.2) is 60.9 Å². The van der Waals surface area contributed by atoms with E-state index in [0.717, 1.165) is 11.3 Å². The van der Waals surface area contributed by atoms with Gasteiger partial charge in [-0.3, -0.25) is 4.79 Å². The minimum Gasteiger partial charge on any atom is -0.326 e. The third-order valence-corrected chi connectivity index (χ3v) is 3.44. The van der Waals surface area contributed by atoms with Crippen molar-refractivity contribution in [3.8, 4) is 5.69 Å². The van der Waals surface area contributed by atoms with E-state index in [9.17, 15) is 9.18 Å². The smallest absolute Gasteiger partial charge is 0.228 e. The number of amides is 1. The number of hydrogen-bond donors (Lipinski definition) is 1. The van der Waals surface area contributed by atoms with Gasteiger partial charge in [0.2, 0.25) is 5.91 Å². The largest absolute Gasteiger partial charge is 0.326 e. The van der Waals surface area contributed by atoms with E-state index in [-0.39, 0.29) is 18.1 Å². The van der Waals surface area contributed by atoms with Crippen LogP contribution in [0.5, 0.6) is 0 Å². The summed E-state index contributed by atoms with van der Waals surface area (Å²) in [5.41, 5.74) is 3.03. The van der Waals surface area contributed by atoms with Gasteiger partial charge in [-0.25, -0.2) is 9.07 Å². The Morgan fingerprint density at radius 3 is 2.57 bits per heavy atom. The Hall–Kier alpha value is -2.95. The molecule has 0 saturated carbocycles. The Kier molecular flexibility index (Phi) is 4.19. The first-order chi connectivity index (χ1) is 11.1. The minimum atomic E-state index is -0.368. The molecule has 3 rings (SSSR count). The van der Waals surface area contributed by atoms with Crippen molar-refractivity contribution >= 4 is 11.6 Å². The van der Waals surface area contributed by atoms with Crippen LogP contribution in [0, 0.1) is 12.7 Å². The zero-order valence-corrected chi connectivity index (χ0v) is 12.7. The van der Waals surface area contributed by atoms with Crippen molar-refractivity contribution < 1.29 is 9.18 Å². The first kappa shape index (κ1) is 15.0. The van der Waals surface area contributed by atoms with Crippen LogP contribution in [-0.2, 0) is 11.2 Å². The molecule has 116 valence electrons. The zero-order valence-electron chi connectivity index (χ0n) is 12.7. The molecule has 0 bridgehead atoms. The molecule has 23 heavy (non-hydrogen) atoms. The average molecular weight is 309 g/mol. The molecule has 0 fully saturated rings. The van der Waals surface area contributed by atoms with Gasteiger partial charge in [0.05, 0.1) is 18.3 Å². The van der Waals surface area contributed by atoms with Gasteiger partial charge in [-0.2, -0.15) is 5.10 Å². The normalized spacial score (nSPS) is 10.5. The Labute approximate surface area is 133 Å². The van der Waals surface area contributed by atoms with Crippen LogP contribution in [0.4, 0.5) is 10.1 Å². The summed E-state index contributed by atoms with van der Waals surface area (Å²) in [5, 5.41) is 7.00. The highest BCUT2D eigenvalue weighted by Crippen LogP contribution is 2.14. The molecule has 1 amide bonds. The average Bonchev–Trinajstić information content (AvgIpc) is 2.97. The van der Waals surface area contributed by atoms with Gasteiger partial charge in [-0.15, -0.1) is 0 Å². The summed E-state index contributed by atoms with van der Waals surface area (Å²) in [5.74, 6) is -0.621. The summed E-state index contributed by atoms with van der Waals surface area (Å²) < 4.78 is 15.3. The van der Waals surface area contributed by atoms with Crippen LogP contribution in [0.25, 0.3) is 5.69 Å². The molecule has 2 aromatic carbocycles. The van der Waals surface area contributed by atoms with Crippen LogP contribution in [0.1, 0.15) is 11.1 Å². The highest BCUT2D eigenvalue weighted by molar-refractivity contribution is 5.92. The van der Waals surface area contributed by atoms with Crippen LogP contribution < -0.4 is 5.32 Å². The number of nitrogens with zero attached hydrogens (tertiary/aromatic N) is 2. The fraction of sp³-hybridized carbons (Fsp3) is 0.111. The zero-order chi connectivity index (χ0) is 16.2. The molecular formula is C18H16FN3O. The molecule has 5 heteroatoms. The number of hydrogen-bond acceptors (Lipinski definition) is 2. The lowest BCUT2D eigenvalue weighted by Gasteiger charge is -2.07. The van der Waals surface area contributed by atoms with Crippen LogP contribution >= 0.6 is 0 Å². The SMILES string of the molecule is Cc1cnn(-c2ccc(NC(=O)Cc3ccccc3F)cc2)c1. The molecule has 0 radical (unpaired) electrons. The van der Waals surface area contributed by atoms with Crippen molar-refractivity contribution in [2.45, 2.75) is 13.3 Å². The summed E-state index contributed by atoms with van der Waals surface area (Å²) in [6.45, 7) is 1.97. The van der Waals surface area contributed by atoms with Gasteiger partial charge in [0.15, 0.2) is 0 Å². The second-order valence-electron chi connectivity index (χ2n) is 5.33. The predicted molar refractivity (Wildman–Crippen MR) is 87.0 cm³/mol. The standard InChI is InChI=1S/C18H16FN3O/c1-13-11-20-22(12-13)16-8-6-15(7-9-16)21-18(23)10-14-4-2-3-5-17(14)19/h2-9,11-12H,10H2,1H3,(H,21,23). The van der Waals surface area contributed by atoms with E-state index in [2.05, 4.69) is 10.4 Å². The maximum absolute atomic E-state index is 13.5. The van der Waals surface area contributed by atoms with E-state index in [1.54, 1.807) is 41.2 Å². The summed E-state index contributed by atoms with van der Waals surface area (Å²) in [7, 11) is 0. The molecule has 4 nitrogen and oxygen atoms in total. The molecule has 3 aromatic rings. The molecule has 1 heterocycles. The van der Waals surface area contributed by atoms with Crippen molar-refractivity contribution in [1.29, 1.82) is 0 Å². The van der Waals surface area contributed by atoms with E-state index < -0.39 is 0 Å². The fourth-order valence-corrected chi connectivity index (χ4v) is 2.27. The van der Waals surface area contributed by atoms with Crippen molar-refractivity contribution in [1.82, 2.24) is 9.78 Å². The number of carbonyl (C=O) groups is 1. The molecule has 0 unspecified atom stereocenters. The Bertz CT molecular complexity index is 824. The second-order valence-corrected chi connectivity index (χ2v) is 5.33. The van der Waals surface area contributed by atoms with E-state index in [0.29, 0.717) is 11.3 Å². The second kappa shape index (κ2) is 6.44. The highest BCUT2D eigenvalue weighted by atomic mass is 19.1. The lowest BCUT2D eigenvalue weighted by Crippen LogP contribution is -2.15. The lowest BCUT2D eigenvalue weighted by molar-refractivity contribution is -0.115. The number of nitrogens with one attached hydrogen (secondary N) is 1. The predicted octanol–water partition coefficient (Wildman–Crippen LogP) is 3.50. The first-order valence-corrected chi connectivity index (χ1v) is 7.27. The number of benzene rings is 2. The minimum absolute atomic E-state index is 0.00672. The number of carbonyl (C=O) groups excluding carboxylic acids is 1. The summed E-state index contributed by atoms with van der Waals surface area (Å²) >= 11 is 0. The Balaban J connectivity index is 1.66. The molecule has 0 spiro atoms. The van der Waals surface area contributed by atoms with Crippen molar-refractivity contribution in [3.63, 3.8) is 0 Å². The van der Waals surface area contributed by atoms with E-state index in [4.69, 9.17) is 0 Å². The Morgan fingerprint density at radius 1 is 1.17 bits per heavy atom. The number of aromatic nitrogens is 2. The molecule has 0 atom stereocenters. The molecular weight excluding hydrogens is 293 g/mol. The van der Waals surface area contributed by atoms with E-state index >= 15 is 0 Å². The summed E-state index contributed by atoms with van der Waals surface area (Å²) in [4.78, 5) is 12.0. The van der Waals surface area contributed by atoms with Gasteiger partial charge in [-0.1, -0.05) is 18.2 Å². The third kappa shape index (κ3) is 3.63. The number of halogens is 1. The van der Waals surface area contributed by atoms with E-state index in [1.165, 1.54) is 6.07 Å². The third-order valence-electron chi connectivity index (χ3n) is 3.44. The van der Waals surface area contributed by atoms with Gasteiger partial charge >= 0.3 is 0 Å². The summed E-state index contributed by atoms with van der Waals surface area (Å²) in [6, 6.07) is 13.6. The van der Waals surface area contributed by atoms with Crippen LogP contribution in [0.3, 0.4) is 0 Å². The lowest BCUT2D eigenvalue weighted by atomic mass is 10.1. The number of anilines is 1. The topological polar surface area (TPSA) is 46.9 Å². The van der Waals surface area contributed by atoms with E-state index in [1.807, 2.05) is 25.3 Å². The van der Waals surface area contributed by atoms with Gasteiger partial charge in [0.1, 0.15) is 5.82 Å². The van der Waals surface area contributed by atoms with Gasteiger partial charge in [0.25, 0.3) is 0 Å². The fourth-order valence-electron chi connectivity index (χ4n) is 2.27. The van der Waals surface area contributed by atoms with Crippen molar-refractivity contribution in [2.75, 3.05) is 5.32 Å². The van der Waals surface area contributed by atoms with Gasteiger partial charge in [-0.05, 0) is 48.4 Å². The molecule has 0 aliphatic rings. The monoisotopic (exact) mass is 309 g/mol. The quantitative estimate of drug-likeness (QED) is 0.802. The Morgan fingerprint density at radius 2 is 1.91 bits per heavy atom. The molecule has 0 saturated heterocycles. The van der Waals surface area contributed by atoms with Gasteiger partial charge < -0.3 is 5.32 Å². The van der Waals surface area contributed by atoms with Crippen LogP contribution in [-0.4, -0.2) is 15.7 Å². The molecule has 1 aromatic heterocycles. The number of aryl methyl sites for hydroxylation is 1. The van der Waals surface area contributed by atoms with Gasteiger partial charge in [0, 0.05) is 11.9 Å². The molecule has 0 aliphatic heterocycles. The molecule has 1 N–H and O–H groups in total.